The molecule has 0 saturated carbocycles. The van der Waals surface area contributed by atoms with Crippen LogP contribution in [0.5, 0.6) is 0 Å². The van der Waals surface area contributed by atoms with Crippen LogP contribution < -0.4 is 0 Å². The molecule has 0 fully saturated rings. The van der Waals surface area contributed by atoms with Crippen LogP contribution >= 0.6 is 23.2 Å². The molecule has 0 aliphatic carbocycles. The van der Waals surface area contributed by atoms with E-state index < -0.39 is 0 Å². The highest BCUT2D eigenvalue weighted by molar-refractivity contribution is 6.44. The molecule has 0 atom stereocenters. The summed E-state index contributed by atoms with van der Waals surface area (Å²) in [5, 5.41) is 0. The monoisotopic (exact) mass is 208 g/mol. The molecule has 0 amide bonds. The van der Waals surface area contributed by atoms with E-state index >= 15 is 0 Å². The normalized spacial score (nSPS) is 11.7. The van der Waals surface area contributed by atoms with Gasteiger partial charge in [-0.2, -0.15) is 0 Å². The standard InChI is InChI=1S/C10H18Cl2/c1-2-3-4-5-6-7-8-9-10(11)12/h5-6,10H,2-4,7-9H2,1H3. The zero-order valence-corrected chi connectivity index (χ0v) is 9.24. The molecule has 0 saturated heterocycles. The van der Waals surface area contributed by atoms with Crippen molar-refractivity contribution in [1.29, 1.82) is 0 Å². The van der Waals surface area contributed by atoms with Gasteiger partial charge in [0.15, 0.2) is 0 Å². The van der Waals surface area contributed by atoms with E-state index in [1.807, 2.05) is 0 Å². The minimum atomic E-state index is -0.186. The van der Waals surface area contributed by atoms with Crippen molar-refractivity contribution in [1.82, 2.24) is 0 Å². The predicted octanol–water partition coefficient (Wildman–Crippen LogP) is 4.71. The second kappa shape index (κ2) is 9.41. The van der Waals surface area contributed by atoms with E-state index in [-0.39, 0.29) is 4.84 Å². The molecule has 0 spiro atoms. The summed E-state index contributed by atoms with van der Waals surface area (Å²) in [5.74, 6) is 0. The Balaban J connectivity index is 3.03. The molecule has 0 aliphatic heterocycles. The number of hydrogen-bond acceptors (Lipinski definition) is 0. The van der Waals surface area contributed by atoms with E-state index in [0.717, 1.165) is 19.3 Å². The van der Waals surface area contributed by atoms with E-state index in [4.69, 9.17) is 23.2 Å². The summed E-state index contributed by atoms with van der Waals surface area (Å²) in [4.78, 5) is -0.186. The maximum absolute atomic E-state index is 5.58. The minimum absolute atomic E-state index is 0.186. The number of alkyl halides is 2. The van der Waals surface area contributed by atoms with Gasteiger partial charge in [-0.25, -0.2) is 0 Å². The molecule has 0 rings (SSSR count). The summed E-state index contributed by atoms with van der Waals surface area (Å²) >= 11 is 11.2. The Hall–Kier alpha value is 0.320. The van der Waals surface area contributed by atoms with Gasteiger partial charge < -0.3 is 0 Å². The Kier molecular flexibility index (Phi) is 9.66. The van der Waals surface area contributed by atoms with Crippen LogP contribution in [0.25, 0.3) is 0 Å². The van der Waals surface area contributed by atoms with Crippen LogP contribution in [0.2, 0.25) is 0 Å². The first-order valence-electron chi connectivity index (χ1n) is 4.70. The van der Waals surface area contributed by atoms with E-state index in [0.29, 0.717) is 0 Å². The number of allylic oxidation sites excluding steroid dienone is 2. The van der Waals surface area contributed by atoms with Gasteiger partial charge in [-0.3, -0.25) is 0 Å². The molecule has 0 aromatic rings. The second-order valence-corrected chi connectivity index (χ2v) is 4.21. The fraction of sp³-hybridized carbons (Fsp3) is 0.800. The van der Waals surface area contributed by atoms with Gasteiger partial charge in [0.2, 0.25) is 0 Å². The number of hydrogen-bond donors (Lipinski definition) is 0. The second-order valence-electron chi connectivity index (χ2n) is 2.94. The Bertz CT molecular complexity index is 108. The molecule has 0 unspecified atom stereocenters. The van der Waals surface area contributed by atoms with Crippen LogP contribution in [-0.4, -0.2) is 4.84 Å². The predicted molar refractivity (Wildman–Crippen MR) is 58.0 cm³/mol. The summed E-state index contributed by atoms with van der Waals surface area (Å²) in [5.41, 5.74) is 0. The first-order valence-corrected chi connectivity index (χ1v) is 5.57. The van der Waals surface area contributed by atoms with Crippen molar-refractivity contribution in [3.8, 4) is 0 Å². The van der Waals surface area contributed by atoms with Crippen LogP contribution in [0.1, 0.15) is 45.4 Å². The molecule has 0 aliphatic rings. The first-order chi connectivity index (χ1) is 5.77. The smallest absolute Gasteiger partial charge is 0.105 e. The van der Waals surface area contributed by atoms with Gasteiger partial charge in [0, 0.05) is 0 Å². The zero-order chi connectivity index (χ0) is 9.23. The molecule has 0 aromatic heterocycles. The molecular formula is C10H18Cl2. The third kappa shape index (κ3) is 10.3. The Morgan fingerprint density at radius 2 is 1.67 bits per heavy atom. The van der Waals surface area contributed by atoms with Gasteiger partial charge in [-0.05, 0) is 25.7 Å². The number of halogens is 2. The van der Waals surface area contributed by atoms with Crippen molar-refractivity contribution < 1.29 is 0 Å². The number of rotatable bonds is 7. The number of unbranched alkanes of at least 4 members (excludes halogenated alkanes) is 3. The van der Waals surface area contributed by atoms with Gasteiger partial charge >= 0.3 is 0 Å². The molecule has 72 valence electrons. The van der Waals surface area contributed by atoms with E-state index in [2.05, 4.69) is 19.1 Å². The summed E-state index contributed by atoms with van der Waals surface area (Å²) < 4.78 is 0. The van der Waals surface area contributed by atoms with E-state index in [1.54, 1.807) is 0 Å². The lowest BCUT2D eigenvalue weighted by Crippen LogP contribution is -1.84. The average Bonchev–Trinajstić information content (AvgIpc) is 2.02. The summed E-state index contributed by atoms with van der Waals surface area (Å²) in [6, 6.07) is 0. The van der Waals surface area contributed by atoms with Crippen LogP contribution in [0.15, 0.2) is 12.2 Å². The minimum Gasteiger partial charge on any atom is -0.105 e. The van der Waals surface area contributed by atoms with Crippen LogP contribution in [0.4, 0.5) is 0 Å². The highest BCUT2D eigenvalue weighted by Crippen LogP contribution is 2.11. The maximum Gasteiger partial charge on any atom is 0.107 e. The molecule has 0 bridgehead atoms. The molecule has 0 aromatic carbocycles. The molecule has 2 heteroatoms. The molecule has 0 radical (unpaired) electrons. The summed E-state index contributed by atoms with van der Waals surface area (Å²) in [6.07, 6.45) is 11.4. The molecule has 0 nitrogen and oxygen atoms in total. The molecule has 12 heavy (non-hydrogen) atoms. The van der Waals surface area contributed by atoms with Crippen LogP contribution in [0.3, 0.4) is 0 Å². The van der Waals surface area contributed by atoms with Crippen molar-refractivity contribution >= 4 is 23.2 Å². The quantitative estimate of drug-likeness (QED) is 0.323. The van der Waals surface area contributed by atoms with Crippen molar-refractivity contribution in [3.05, 3.63) is 12.2 Å². The Labute approximate surface area is 85.9 Å². The van der Waals surface area contributed by atoms with Gasteiger partial charge in [0.25, 0.3) is 0 Å². The van der Waals surface area contributed by atoms with Gasteiger partial charge in [-0.15, -0.1) is 23.2 Å². The van der Waals surface area contributed by atoms with E-state index in [9.17, 15) is 0 Å². The third-order valence-electron chi connectivity index (χ3n) is 1.68. The van der Waals surface area contributed by atoms with E-state index in [1.165, 1.54) is 19.3 Å². The van der Waals surface area contributed by atoms with Crippen molar-refractivity contribution in [3.63, 3.8) is 0 Å². The zero-order valence-electron chi connectivity index (χ0n) is 7.73. The highest BCUT2D eigenvalue weighted by atomic mass is 35.5. The third-order valence-corrected chi connectivity index (χ3v) is 2.12. The van der Waals surface area contributed by atoms with Crippen molar-refractivity contribution in [2.24, 2.45) is 0 Å². The Morgan fingerprint density at radius 1 is 1.08 bits per heavy atom. The largest absolute Gasteiger partial charge is 0.107 e. The SMILES string of the molecule is CCCCC=CCCCC(Cl)Cl. The lowest BCUT2D eigenvalue weighted by atomic mass is 10.2. The topological polar surface area (TPSA) is 0 Å². The fourth-order valence-corrected chi connectivity index (χ4v) is 1.26. The maximum atomic E-state index is 5.58. The van der Waals surface area contributed by atoms with Crippen molar-refractivity contribution in [2.75, 3.05) is 0 Å². The molecular weight excluding hydrogens is 191 g/mol. The highest BCUT2D eigenvalue weighted by Gasteiger charge is 1.95. The molecule has 0 N–H and O–H groups in total. The van der Waals surface area contributed by atoms with Gasteiger partial charge in [0.1, 0.15) is 4.84 Å². The first kappa shape index (κ1) is 12.3. The van der Waals surface area contributed by atoms with Crippen LogP contribution in [0, 0.1) is 0 Å². The fourth-order valence-electron chi connectivity index (χ4n) is 0.948. The average molecular weight is 209 g/mol. The molecule has 0 heterocycles. The van der Waals surface area contributed by atoms with Crippen LogP contribution in [-0.2, 0) is 0 Å². The van der Waals surface area contributed by atoms with Gasteiger partial charge in [-0.1, -0.05) is 31.9 Å². The lowest BCUT2D eigenvalue weighted by Gasteiger charge is -1.96. The summed E-state index contributed by atoms with van der Waals surface area (Å²) in [7, 11) is 0. The Morgan fingerprint density at radius 3 is 2.17 bits per heavy atom. The van der Waals surface area contributed by atoms with Gasteiger partial charge in [0.05, 0.1) is 0 Å². The summed E-state index contributed by atoms with van der Waals surface area (Å²) in [6.45, 7) is 2.21. The van der Waals surface area contributed by atoms with Crippen molar-refractivity contribution in [2.45, 2.75) is 50.3 Å². The lowest BCUT2D eigenvalue weighted by molar-refractivity contribution is 0.782.